The molecule has 0 unspecified atom stereocenters. The van der Waals surface area contributed by atoms with Crippen molar-refractivity contribution in [2.45, 2.75) is 45.6 Å². The highest BCUT2D eigenvalue weighted by atomic mass is 28.3. The molecule has 0 atom stereocenters. The van der Waals surface area contributed by atoms with Gasteiger partial charge in [-0.1, -0.05) is 19.6 Å². The van der Waals surface area contributed by atoms with Gasteiger partial charge in [-0.25, -0.2) is 0 Å². The van der Waals surface area contributed by atoms with Crippen molar-refractivity contribution in [3.8, 4) is 0 Å². The molecule has 0 aromatic carbocycles. The first-order chi connectivity index (χ1) is 6.81. The summed E-state index contributed by atoms with van der Waals surface area (Å²) in [6.07, 6.45) is 1.85. The van der Waals surface area contributed by atoms with E-state index in [0.717, 1.165) is 6.61 Å². The zero-order valence-electron chi connectivity index (χ0n) is 11.1. The van der Waals surface area contributed by atoms with Gasteiger partial charge in [0.25, 0.3) is 0 Å². The van der Waals surface area contributed by atoms with E-state index < -0.39 is 8.07 Å². The summed E-state index contributed by atoms with van der Waals surface area (Å²) in [7, 11) is 1.04. The molecule has 0 aromatic heterocycles. The monoisotopic (exact) mass is 230 g/mol. The fourth-order valence-corrected chi connectivity index (χ4v) is 1.62. The fraction of sp³-hybridized carbons (Fsp3) is 0.909. The summed E-state index contributed by atoms with van der Waals surface area (Å²) in [6.45, 7) is 12.7. The van der Waals surface area contributed by atoms with E-state index >= 15 is 0 Å². The average Bonchev–Trinajstić information content (AvgIpc) is 2.07. The van der Waals surface area contributed by atoms with Gasteiger partial charge in [0.15, 0.2) is 0 Å². The second-order valence-corrected chi connectivity index (χ2v) is 11.1. The number of aliphatic imine (C=N–C) groups is 1. The number of nitrogens with zero attached hydrogens (tertiary/aromatic N) is 2. The van der Waals surface area contributed by atoms with Crippen LogP contribution in [0.25, 0.3) is 0 Å². The third-order valence-corrected chi connectivity index (χ3v) is 3.56. The van der Waals surface area contributed by atoms with Crippen LogP contribution in [0.3, 0.4) is 0 Å². The molecule has 4 heteroatoms. The molecule has 0 bridgehead atoms. The van der Waals surface area contributed by atoms with Gasteiger partial charge in [0, 0.05) is 27.8 Å². The molecule has 90 valence electrons. The van der Waals surface area contributed by atoms with Crippen LogP contribution >= 0.6 is 0 Å². The zero-order valence-corrected chi connectivity index (χ0v) is 12.1. The van der Waals surface area contributed by atoms with Crippen LogP contribution in [0.5, 0.6) is 0 Å². The molecule has 0 aromatic rings. The van der Waals surface area contributed by atoms with Gasteiger partial charge in [-0.2, -0.15) is 0 Å². The third-order valence-electron chi connectivity index (χ3n) is 1.85. The van der Waals surface area contributed by atoms with E-state index in [-0.39, 0.29) is 0 Å². The second kappa shape index (κ2) is 7.01. The minimum absolute atomic E-state index is 0.356. The van der Waals surface area contributed by atoms with Crippen LogP contribution in [0.4, 0.5) is 0 Å². The van der Waals surface area contributed by atoms with Crippen molar-refractivity contribution in [1.29, 1.82) is 0 Å². The Hall–Kier alpha value is -0.353. The minimum atomic E-state index is -0.943. The number of ether oxygens (including phenoxy) is 1. The van der Waals surface area contributed by atoms with Gasteiger partial charge in [-0.05, 0) is 19.9 Å². The van der Waals surface area contributed by atoms with Crippen molar-refractivity contribution in [3.63, 3.8) is 0 Å². The number of hydrogen-bond donors (Lipinski definition) is 0. The van der Waals surface area contributed by atoms with Crippen molar-refractivity contribution >= 4 is 14.4 Å². The Bertz CT molecular complexity index is 188. The number of hydrogen-bond acceptors (Lipinski definition) is 2. The lowest BCUT2D eigenvalue weighted by Crippen LogP contribution is -2.25. The lowest BCUT2D eigenvalue weighted by Gasteiger charge is -2.18. The van der Waals surface area contributed by atoms with Gasteiger partial charge in [0.1, 0.15) is 6.73 Å². The summed E-state index contributed by atoms with van der Waals surface area (Å²) < 4.78 is 5.57. The molecule has 0 fully saturated rings. The Morgan fingerprint density at radius 2 is 1.93 bits per heavy atom. The SMILES string of the molecule is CC(C)/N=C\N(C)COCC[Si](C)(C)C. The molecule has 0 radical (unpaired) electrons. The molecular weight excluding hydrogens is 204 g/mol. The molecule has 0 saturated heterocycles. The molecule has 0 rings (SSSR count). The normalized spacial score (nSPS) is 12.7. The average molecular weight is 230 g/mol. The molecule has 0 aliphatic heterocycles. The van der Waals surface area contributed by atoms with E-state index in [1.165, 1.54) is 6.04 Å². The molecule has 0 spiro atoms. The first-order valence-corrected chi connectivity index (χ1v) is 9.33. The molecular formula is C11H26N2OSi. The molecule has 0 aliphatic carbocycles. The van der Waals surface area contributed by atoms with Crippen LogP contribution < -0.4 is 0 Å². The lowest BCUT2D eigenvalue weighted by atomic mass is 10.4. The predicted octanol–water partition coefficient (Wildman–Crippen LogP) is 2.67. The van der Waals surface area contributed by atoms with Crippen LogP contribution in [0.1, 0.15) is 13.8 Å². The third kappa shape index (κ3) is 11.6. The summed E-state index contributed by atoms with van der Waals surface area (Å²) in [5.74, 6) is 0. The molecule has 0 heterocycles. The maximum atomic E-state index is 5.57. The van der Waals surface area contributed by atoms with Gasteiger partial charge in [-0.15, -0.1) is 0 Å². The zero-order chi connectivity index (χ0) is 11.9. The van der Waals surface area contributed by atoms with E-state index in [4.69, 9.17) is 4.74 Å². The van der Waals surface area contributed by atoms with E-state index in [2.05, 4.69) is 38.5 Å². The van der Waals surface area contributed by atoms with Gasteiger partial charge in [0.2, 0.25) is 0 Å². The lowest BCUT2D eigenvalue weighted by molar-refractivity contribution is 0.0871. The van der Waals surface area contributed by atoms with Crippen molar-refractivity contribution in [2.75, 3.05) is 20.4 Å². The van der Waals surface area contributed by atoms with E-state index in [9.17, 15) is 0 Å². The summed E-state index contributed by atoms with van der Waals surface area (Å²) in [4.78, 5) is 6.26. The first-order valence-electron chi connectivity index (χ1n) is 5.62. The summed E-state index contributed by atoms with van der Waals surface area (Å²) in [5.41, 5.74) is 0. The molecule has 15 heavy (non-hydrogen) atoms. The predicted molar refractivity (Wildman–Crippen MR) is 70.4 cm³/mol. The van der Waals surface area contributed by atoms with Crippen molar-refractivity contribution in [3.05, 3.63) is 0 Å². The van der Waals surface area contributed by atoms with E-state index in [0.29, 0.717) is 12.8 Å². The molecule has 0 aliphatic rings. The van der Waals surface area contributed by atoms with Crippen molar-refractivity contribution < 1.29 is 4.74 Å². The van der Waals surface area contributed by atoms with Crippen molar-refractivity contribution in [1.82, 2.24) is 4.90 Å². The van der Waals surface area contributed by atoms with Crippen LogP contribution in [0, 0.1) is 0 Å². The highest BCUT2D eigenvalue weighted by molar-refractivity contribution is 6.76. The largest absolute Gasteiger partial charge is 0.361 e. The van der Waals surface area contributed by atoms with Gasteiger partial charge in [-0.3, -0.25) is 4.99 Å². The Labute approximate surface area is 95.5 Å². The van der Waals surface area contributed by atoms with Gasteiger partial charge < -0.3 is 9.64 Å². The van der Waals surface area contributed by atoms with E-state index in [1.54, 1.807) is 0 Å². The Morgan fingerprint density at radius 3 is 2.40 bits per heavy atom. The first kappa shape index (κ1) is 14.6. The number of rotatable bonds is 7. The van der Waals surface area contributed by atoms with Crippen LogP contribution in [-0.4, -0.2) is 45.7 Å². The second-order valence-electron chi connectivity index (χ2n) is 5.46. The summed E-state index contributed by atoms with van der Waals surface area (Å²) in [5, 5.41) is 0. The highest BCUT2D eigenvalue weighted by Gasteiger charge is 2.11. The Kier molecular flexibility index (Phi) is 6.84. The molecule has 0 amide bonds. The Morgan fingerprint density at radius 1 is 1.33 bits per heavy atom. The molecule has 0 N–H and O–H groups in total. The quantitative estimate of drug-likeness (QED) is 0.221. The summed E-state index contributed by atoms with van der Waals surface area (Å²) in [6, 6.07) is 1.58. The smallest absolute Gasteiger partial charge is 0.119 e. The summed E-state index contributed by atoms with van der Waals surface area (Å²) >= 11 is 0. The highest BCUT2D eigenvalue weighted by Crippen LogP contribution is 2.07. The Balaban J connectivity index is 3.51. The van der Waals surface area contributed by atoms with Gasteiger partial charge >= 0.3 is 0 Å². The molecule has 3 nitrogen and oxygen atoms in total. The van der Waals surface area contributed by atoms with E-state index in [1.807, 2.05) is 18.3 Å². The van der Waals surface area contributed by atoms with Crippen LogP contribution in [0.15, 0.2) is 4.99 Å². The molecule has 0 saturated carbocycles. The van der Waals surface area contributed by atoms with Gasteiger partial charge in [0.05, 0.1) is 6.34 Å². The minimum Gasteiger partial charge on any atom is -0.361 e. The topological polar surface area (TPSA) is 24.8 Å². The maximum Gasteiger partial charge on any atom is 0.119 e. The van der Waals surface area contributed by atoms with Crippen LogP contribution in [-0.2, 0) is 4.74 Å². The standard InChI is InChI=1S/C11H26N2OSi/c1-11(2)12-9-13(3)10-14-7-8-15(4,5)6/h9,11H,7-8,10H2,1-6H3/b12-9-. The van der Waals surface area contributed by atoms with Crippen LogP contribution in [0.2, 0.25) is 25.7 Å². The fourth-order valence-electron chi connectivity index (χ4n) is 0.867. The van der Waals surface area contributed by atoms with Crippen molar-refractivity contribution in [2.24, 2.45) is 4.99 Å². The maximum absolute atomic E-state index is 5.57.